The van der Waals surface area contributed by atoms with E-state index in [1.54, 1.807) is 38.5 Å². The monoisotopic (exact) mass is 523 g/mol. The maximum Gasteiger partial charge on any atom is 0.132 e. The Hall–Kier alpha value is -2.84. The fraction of sp³-hybridized carbons (Fsp3) is 0.172. The lowest BCUT2D eigenvalue weighted by atomic mass is 10.3. The minimum Gasteiger partial charge on any atom is -0.496 e. The van der Waals surface area contributed by atoms with Crippen LogP contribution in [0.4, 0.5) is 8.78 Å². The van der Waals surface area contributed by atoms with Crippen LogP contribution in [0.2, 0.25) is 0 Å². The Morgan fingerprint density at radius 3 is 1.25 bits per heavy atom. The normalized spacial score (nSPS) is 11.5. The summed E-state index contributed by atoms with van der Waals surface area (Å²) in [6.45, 7) is 4.13. The van der Waals surface area contributed by atoms with Crippen molar-refractivity contribution in [1.29, 1.82) is 0 Å². The highest BCUT2D eigenvalue weighted by Gasteiger charge is 2.38. The van der Waals surface area contributed by atoms with Crippen molar-refractivity contribution in [1.82, 2.24) is 4.44 Å². The summed E-state index contributed by atoms with van der Waals surface area (Å²) in [5, 5.41) is 2.86. The maximum absolute atomic E-state index is 15.5. The molecule has 7 heteroatoms. The highest BCUT2D eigenvalue weighted by Crippen LogP contribution is 2.58. The number of hydrogen-bond donors (Lipinski definition) is 0. The number of rotatable bonds is 9. The first kappa shape index (κ1) is 26.2. The summed E-state index contributed by atoms with van der Waals surface area (Å²) in [4.78, 5) is 0. The first-order valence-electron chi connectivity index (χ1n) is 11.6. The summed E-state index contributed by atoms with van der Waals surface area (Å²) in [6.07, 6.45) is 0. The average molecular weight is 524 g/mol. The van der Waals surface area contributed by atoms with E-state index in [2.05, 4.69) is 18.3 Å². The molecule has 0 saturated heterocycles. The van der Waals surface area contributed by atoms with Crippen LogP contribution < -0.4 is 30.7 Å². The van der Waals surface area contributed by atoms with Gasteiger partial charge in [-0.2, -0.15) is 0 Å². The van der Waals surface area contributed by atoms with Crippen molar-refractivity contribution in [2.24, 2.45) is 0 Å². The number of methoxy groups -OCH3 is 2. The first-order valence-corrected chi connectivity index (χ1v) is 14.2. The Labute approximate surface area is 214 Å². The van der Waals surface area contributed by atoms with Crippen molar-refractivity contribution >= 4 is 37.4 Å². The van der Waals surface area contributed by atoms with Crippen molar-refractivity contribution in [3.05, 3.63) is 109 Å². The van der Waals surface area contributed by atoms with Crippen LogP contribution >= 0.6 is 16.1 Å². The summed E-state index contributed by atoms with van der Waals surface area (Å²) in [5.74, 6) is 0.731. The van der Waals surface area contributed by atoms with Crippen LogP contribution in [0, 0.1) is 11.6 Å². The Balaban J connectivity index is 2.07. The molecular formula is C29H29F2NO2P2. The lowest BCUT2D eigenvalue weighted by Gasteiger charge is -2.42. The van der Waals surface area contributed by atoms with E-state index in [4.69, 9.17) is 9.47 Å². The zero-order chi connectivity index (χ0) is 25.7. The molecule has 36 heavy (non-hydrogen) atoms. The number of hydrogen-bond acceptors (Lipinski definition) is 3. The van der Waals surface area contributed by atoms with Gasteiger partial charge in [0.1, 0.15) is 23.1 Å². The third-order valence-corrected chi connectivity index (χ3v) is 11.8. The lowest BCUT2D eigenvalue weighted by Crippen LogP contribution is -2.37. The molecule has 0 aliphatic rings. The molecule has 4 aromatic rings. The zero-order valence-corrected chi connectivity index (χ0v) is 22.5. The van der Waals surface area contributed by atoms with E-state index >= 15 is 8.78 Å². The second-order valence-electron chi connectivity index (χ2n) is 8.28. The molecule has 4 rings (SSSR count). The molecule has 4 aromatic carbocycles. The molecule has 0 fully saturated rings. The minimum atomic E-state index is -1.62. The molecule has 0 bridgehead atoms. The van der Waals surface area contributed by atoms with Crippen LogP contribution in [0.1, 0.15) is 13.8 Å². The van der Waals surface area contributed by atoms with E-state index in [-0.39, 0.29) is 17.7 Å². The standard InChI is InChI=1S/C29H29F2NO2P2/c1-21(2)32(35(26-17-9-5-13-22(26)30)27-18-10-6-14-23(27)31)36(28-19-11-7-15-24(28)33-3)29-20-12-8-16-25(29)34-4/h5-21H,1-4H3. The van der Waals surface area contributed by atoms with Crippen molar-refractivity contribution in [3.63, 3.8) is 0 Å². The van der Waals surface area contributed by atoms with Gasteiger partial charge in [0.25, 0.3) is 0 Å². The molecule has 0 radical (unpaired) electrons. The molecule has 0 saturated carbocycles. The number of benzene rings is 4. The van der Waals surface area contributed by atoms with Gasteiger partial charge in [-0.15, -0.1) is 0 Å². The van der Waals surface area contributed by atoms with Crippen LogP contribution in [0.15, 0.2) is 97.1 Å². The van der Waals surface area contributed by atoms with Crippen molar-refractivity contribution in [2.45, 2.75) is 19.9 Å². The molecule has 0 aliphatic heterocycles. The van der Waals surface area contributed by atoms with Gasteiger partial charge in [-0.3, -0.25) is 0 Å². The fourth-order valence-electron chi connectivity index (χ4n) is 4.11. The quantitative estimate of drug-likeness (QED) is 0.248. The fourth-order valence-corrected chi connectivity index (χ4v) is 10.5. The minimum absolute atomic E-state index is 0.0729. The summed E-state index contributed by atoms with van der Waals surface area (Å²) in [5.41, 5.74) is 0. The Morgan fingerprint density at radius 1 is 0.556 bits per heavy atom. The van der Waals surface area contributed by atoms with Gasteiger partial charge >= 0.3 is 0 Å². The summed E-state index contributed by atoms with van der Waals surface area (Å²) in [6, 6.07) is 29.0. The van der Waals surface area contributed by atoms with E-state index in [0.717, 1.165) is 22.1 Å². The van der Waals surface area contributed by atoms with Gasteiger partial charge in [-0.25, -0.2) is 13.2 Å². The van der Waals surface area contributed by atoms with Crippen molar-refractivity contribution < 1.29 is 18.3 Å². The van der Waals surface area contributed by atoms with Gasteiger partial charge in [-0.1, -0.05) is 48.5 Å². The van der Waals surface area contributed by atoms with E-state index in [1.165, 1.54) is 12.1 Å². The molecule has 0 atom stereocenters. The second-order valence-corrected chi connectivity index (χ2v) is 12.6. The number of para-hydroxylation sites is 2. The van der Waals surface area contributed by atoms with Crippen LogP contribution in [-0.2, 0) is 0 Å². The number of ether oxygens (including phenoxy) is 2. The molecule has 0 heterocycles. The topological polar surface area (TPSA) is 21.7 Å². The predicted molar refractivity (Wildman–Crippen MR) is 148 cm³/mol. The number of nitrogens with zero attached hydrogens (tertiary/aromatic N) is 1. The van der Waals surface area contributed by atoms with Gasteiger partial charge in [0.05, 0.1) is 14.2 Å². The zero-order valence-electron chi connectivity index (χ0n) is 20.7. The average Bonchev–Trinajstić information content (AvgIpc) is 2.90. The lowest BCUT2D eigenvalue weighted by molar-refractivity contribution is 0.417. The molecule has 0 unspecified atom stereocenters. The van der Waals surface area contributed by atoms with Gasteiger partial charge < -0.3 is 9.47 Å². The highest BCUT2D eigenvalue weighted by molar-refractivity contribution is 7.85. The number of halogens is 2. The van der Waals surface area contributed by atoms with Gasteiger partial charge in [0.15, 0.2) is 0 Å². The van der Waals surface area contributed by atoms with E-state index in [9.17, 15) is 0 Å². The Bertz CT molecular complexity index is 1220. The molecule has 0 amide bonds. The van der Waals surface area contributed by atoms with Crippen LogP contribution in [0.3, 0.4) is 0 Å². The maximum atomic E-state index is 15.5. The predicted octanol–water partition coefficient (Wildman–Crippen LogP) is 6.09. The Kier molecular flexibility index (Phi) is 8.69. The molecular weight excluding hydrogens is 494 g/mol. The van der Waals surface area contributed by atoms with Gasteiger partial charge in [-0.05, 0) is 62.4 Å². The third-order valence-electron chi connectivity index (χ3n) is 5.66. The molecule has 3 nitrogen and oxygen atoms in total. The van der Waals surface area contributed by atoms with Crippen molar-refractivity contribution in [2.75, 3.05) is 14.2 Å². The summed E-state index contributed by atoms with van der Waals surface area (Å²) < 4.78 is 44.8. The van der Waals surface area contributed by atoms with Gasteiger partial charge in [0, 0.05) is 43.4 Å². The third kappa shape index (κ3) is 5.30. The Morgan fingerprint density at radius 2 is 0.889 bits per heavy atom. The summed E-state index contributed by atoms with van der Waals surface area (Å²) in [7, 11) is 0.332. The van der Waals surface area contributed by atoms with Crippen LogP contribution in [-0.4, -0.2) is 24.7 Å². The van der Waals surface area contributed by atoms with E-state index < -0.39 is 16.1 Å². The first-order chi connectivity index (χ1) is 17.5. The van der Waals surface area contributed by atoms with Crippen molar-refractivity contribution in [3.8, 4) is 11.5 Å². The molecule has 0 aliphatic carbocycles. The second kappa shape index (κ2) is 11.9. The molecule has 0 aromatic heterocycles. The van der Waals surface area contributed by atoms with Crippen LogP contribution in [0.5, 0.6) is 11.5 Å². The molecule has 0 spiro atoms. The largest absolute Gasteiger partial charge is 0.496 e. The van der Waals surface area contributed by atoms with Crippen LogP contribution in [0.25, 0.3) is 0 Å². The molecule has 0 N–H and O–H groups in total. The molecule has 186 valence electrons. The highest BCUT2D eigenvalue weighted by atomic mass is 31.2. The van der Waals surface area contributed by atoms with E-state index in [1.807, 2.05) is 60.7 Å². The van der Waals surface area contributed by atoms with E-state index in [0.29, 0.717) is 10.6 Å². The smallest absolute Gasteiger partial charge is 0.132 e. The SMILES string of the molecule is COc1ccccc1P(c1ccccc1OC)N(C(C)C)P(c1ccccc1F)c1ccccc1F. The summed E-state index contributed by atoms with van der Waals surface area (Å²) >= 11 is 0. The van der Waals surface area contributed by atoms with Gasteiger partial charge in [0.2, 0.25) is 0 Å².